The van der Waals surface area contributed by atoms with Crippen LogP contribution in [-0.2, 0) is 28.3 Å². The highest BCUT2D eigenvalue weighted by atomic mass is 16.5. The molecule has 49 heavy (non-hydrogen) atoms. The zero-order valence-corrected chi connectivity index (χ0v) is 27.4. The van der Waals surface area contributed by atoms with Crippen molar-refractivity contribution in [1.29, 1.82) is 0 Å². The summed E-state index contributed by atoms with van der Waals surface area (Å²) in [5.41, 5.74) is 1.15. The summed E-state index contributed by atoms with van der Waals surface area (Å²) in [5, 5.41) is 27.3. The predicted octanol–water partition coefficient (Wildman–Crippen LogP) is 4.73. The molecule has 4 aromatic carbocycles. The van der Waals surface area contributed by atoms with Gasteiger partial charge in [-0.3, -0.25) is 14.4 Å². The zero-order chi connectivity index (χ0) is 34.5. The Hall–Kier alpha value is -5.58. The molecule has 0 spiro atoms. The number of anilines is 1. The molecule has 2 atom stereocenters. The summed E-state index contributed by atoms with van der Waals surface area (Å²) < 4.78 is 6.78. The van der Waals surface area contributed by atoms with Crippen molar-refractivity contribution < 1.29 is 24.5 Å². The van der Waals surface area contributed by atoms with Gasteiger partial charge in [0.15, 0.2) is 5.60 Å². The Morgan fingerprint density at radius 1 is 0.980 bits per heavy atom. The van der Waals surface area contributed by atoms with Crippen molar-refractivity contribution in [3.8, 4) is 11.4 Å². The van der Waals surface area contributed by atoms with Crippen LogP contribution in [0.3, 0.4) is 0 Å². The lowest BCUT2D eigenvalue weighted by molar-refractivity contribution is -0.139. The van der Waals surface area contributed by atoms with Crippen molar-refractivity contribution in [2.45, 2.75) is 32.0 Å². The summed E-state index contributed by atoms with van der Waals surface area (Å²) in [5.74, 6) is -0.880. The highest BCUT2D eigenvalue weighted by molar-refractivity contribution is 6.07. The molecule has 0 fully saturated rings. The van der Waals surface area contributed by atoms with E-state index in [1.54, 1.807) is 71.5 Å². The number of aliphatic hydroxyl groups is 2. The van der Waals surface area contributed by atoms with Gasteiger partial charge in [-0.15, -0.1) is 0 Å². The number of rotatable bonds is 12. The van der Waals surface area contributed by atoms with Crippen LogP contribution < -0.4 is 15.2 Å². The lowest BCUT2D eigenvalue weighted by Crippen LogP contribution is -2.44. The number of ether oxygens (including phenoxy) is 1. The summed E-state index contributed by atoms with van der Waals surface area (Å²) >= 11 is 0. The maximum absolute atomic E-state index is 14.1. The van der Waals surface area contributed by atoms with Crippen molar-refractivity contribution in [3.05, 3.63) is 142 Å². The molecule has 10 heteroatoms. The van der Waals surface area contributed by atoms with Gasteiger partial charge < -0.3 is 24.7 Å². The summed E-state index contributed by atoms with van der Waals surface area (Å²) in [6.07, 6.45) is 5.04. The van der Waals surface area contributed by atoms with Gasteiger partial charge in [0.1, 0.15) is 5.75 Å². The molecule has 250 valence electrons. The second kappa shape index (κ2) is 14.3. The third kappa shape index (κ3) is 6.61. The van der Waals surface area contributed by atoms with E-state index in [2.05, 4.69) is 5.10 Å². The number of fused-ring (bicyclic) bond motifs is 2. The normalized spacial score (nSPS) is 16.2. The molecule has 5 aromatic rings. The number of methoxy groups -OCH3 is 1. The topological polar surface area (TPSA) is 125 Å². The zero-order valence-electron chi connectivity index (χ0n) is 27.4. The van der Waals surface area contributed by atoms with Crippen molar-refractivity contribution in [2.75, 3.05) is 25.2 Å². The number of nitrogens with zero attached hydrogens (tertiary/aromatic N) is 4. The van der Waals surface area contributed by atoms with Crippen LogP contribution in [0.4, 0.5) is 5.69 Å². The van der Waals surface area contributed by atoms with Crippen LogP contribution in [0.1, 0.15) is 30.0 Å². The van der Waals surface area contributed by atoms with Crippen LogP contribution in [-0.4, -0.2) is 57.0 Å². The molecule has 0 saturated carbocycles. The van der Waals surface area contributed by atoms with Crippen LogP contribution in [0.2, 0.25) is 0 Å². The smallest absolute Gasteiger partial charge is 0.279 e. The molecule has 1 aliphatic rings. The second-order valence-corrected chi connectivity index (χ2v) is 12.1. The standard InChI is InChI=1S/C39H38N4O6/c1-27(9-8-14-36(45)41(21-22-44)25-28-10-4-3-5-11-28)39(48)34-23-32(49-2)19-20-35(34)42(38(39)47)26-29-15-17-31(18-16-29)43-37(46)33-13-7-6-12-30(33)24-40-43/h3-13,15-20,23-24,27,44,48H,14,21-22,25-26H2,1-2H3/b9-8+/t27-,39+/m1/s1. The molecule has 0 radical (unpaired) electrons. The maximum atomic E-state index is 14.1. The van der Waals surface area contributed by atoms with Gasteiger partial charge in [-0.1, -0.05) is 79.7 Å². The number of carbonyl (C=O) groups excluding carboxylic acids is 2. The van der Waals surface area contributed by atoms with E-state index in [9.17, 15) is 24.6 Å². The largest absolute Gasteiger partial charge is 0.497 e. The van der Waals surface area contributed by atoms with Gasteiger partial charge >= 0.3 is 0 Å². The fourth-order valence-electron chi connectivity index (χ4n) is 6.27. The first-order valence-corrected chi connectivity index (χ1v) is 16.1. The van der Waals surface area contributed by atoms with Gasteiger partial charge in [-0.05, 0) is 47.5 Å². The summed E-state index contributed by atoms with van der Waals surface area (Å²) in [7, 11) is 1.52. The second-order valence-electron chi connectivity index (χ2n) is 12.1. The van der Waals surface area contributed by atoms with Crippen molar-refractivity contribution in [2.24, 2.45) is 5.92 Å². The van der Waals surface area contributed by atoms with E-state index in [0.29, 0.717) is 34.6 Å². The lowest BCUT2D eigenvalue weighted by Gasteiger charge is -2.28. The van der Waals surface area contributed by atoms with Crippen LogP contribution in [0.15, 0.2) is 120 Å². The Morgan fingerprint density at radius 3 is 2.45 bits per heavy atom. The first kappa shape index (κ1) is 33.3. The first-order chi connectivity index (χ1) is 23.7. The minimum atomic E-state index is -1.92. The van der Waals surface area contributed by atoms with Crippen molar-refractivity contribution >= 4 is 28.3 Å². The molecular formula is C39H38N4O6. The van der Waals surface area contributed by atoms with Crippen molar-refractivity contribution in [1.82, 2.24) is 14.7 Å². The highest BCUT2D eigenvalue weighted by Crippen LogP contribution is 2.47. The van der Waals surface area contributed by atoms with Gasteiger partial charge in [0.2, 0.25) is 5.91 Å². The summed E-state index contributed by atoms with van der Waals surface area (Å²) in [6.45, 7) is 2.31. The average Bonchev–Trinajstić information content (AvgIpc) is 3.34. The van der Waals surface area contributed by atoms with Crippen LogP contribution >= 0.6 is 0 Å². The number of hydrogen-bond acceptors (Lipinski definition) is 7. The van der Waals surface area contributed by atoms with Crippen LogP contribution in [0, 0.1) is 5.92 Å². The van der Waals surface area contributed by atoms with Crippen LogP contribution in [0.5, 0.6) is 5.75 Å². The third-order valence-corrected chi connectivity index (χ3v) is 9.01. The quantitative estimate of drug-likeness (QED) is 0.186. The minimum absolute atomic E-state index is 0.0393. The van der Waals surface area contributed by atoms with E-state index < -0.39 is 17.4 Å². The Kier molecular flexibility index (Phi) is 9.70. The van der Waals surface area contributed by atoms with E-state index >= 15 is 0 Å². The van der Waals surface area contributed by atoms with Gasteiger partial charge in [0, 0.05) is 36.4 Å². The van der Waals surface area contributed by atoms with Crippen LogP contribution in [0.25, 0.3) is 16.5 Å². The molecule has 0 saturated heterocycles. The molecule has 10 nitrogen and oxygen atoms in total. The Bertz CT molecular complexity index is 2060. The van der Waals surface area contributed by atoms with E-state index in [0.717, 1.165) is 16.5 Å². The van der Waals surface area contributed by atoms with E-state index in [-0.39, 0.29) is 37.6 Å². The van der Waals surface area contributed by atoms with E-state index in [1.807, 2.05) is 60.7 Å². The molecule has 0 aliphatic carbocycles. The number of hydrogen-bond donors (Lipinski definition) is 2. The number of amides is 2. The molecule has 2 heterocycles. The van der Waals surface area contributed by atoms with E-state index in [4.69, 9.17) is 4.74 Å². The van der Waals surface area contributed by atoms with Gasteiger partial charge in [0.25, 0.3) is 11.5 Å². The molecule has 1 aromatic heterocycles. The van der Waals surface area contributed by atoms with Crippen molar-refractivity contribution in [3.63, 3.8) is 0 Å². The highest BCUT2D eigenvalue weighted by Gasteiger charge is 2.52. The SMILES string of the molecule is COc1ccc2c(c1)[C@@](O)([C@H](C)/C=C/CC(=O)N(CCO)Cc1ccccc1)C(=O)N2Cc1ccc(-n2ncc3ccccc3c2=O)cc1. The Labute approximate surface area is 284 Å². The number of benzene rings is 4. The van der Waals surface area contributed by atoms with Gasteiger partial charge in [-0.2, -0.15) is 9.78 Å². The van der Waals surface area contributed by atoms with E-state index in [1.165, 1.54) is 11.8 Å². The fourth-order valence-corrected chi connectivity index (χ4v) is 6.27. The number of carbonyl (C=O) groups is 2. The molecule has 0 unspecified atom stereocenters. The Balaban J connectivity index is 1.21. The Morgan fingerprint density at radius 2 is 1.71 bits per heavy atom. The predicted molar refractivity (Wildman–Crippen MR) is 187 cm³/mol. The molecule has 2 amide bonds. The maximum Gasteiger partial charge on any atom is 0.279 e. The first-order valence-electron chi connectivity index (χ1n) is 16.1. The van der Waals surface area contributed by atoms with Gasteiger partial charge in [-0.25, -0.2) is 0 Å². The molecule has 6 rings (SSSR count). The average molecular weight is 659 g/mol. The molecule has 1 aliphatic heterocycles. The summed E-state index contributed by atoms with van der Waals surface area (Å²) in [4.78, 5) is 43.4. The molecular weight excluding hydrogens is 620 g/mol. The number of aromatic nitrogens is 2. The lowest BCUT2D eigenvalue weighted by atomic mass is 9.83. The number of aliphatic hydroxyl groups excluding tert-OH is 1. The third-order valence-electron chi connectivity index (χ3n) is 9.01. The minimum Gasteiger partial charge on any atom is -0.497 e. The molecule has 0 bridgehead atoms. The monoisotopic (exact) mass is 658 g/mol. The molecule has 2 N–H and O–H groups in total. The summed E-state index contributed by atoms with van der Waals surface area (Å²) in [6, 6.07) is 29.2. The van der Waals surface area contributed by atoms with Gasteiger partial charge in [0.05, 0.1) is 43.2 Å². The fraction of sp³-hybridized carbons (Fsp3) is 0.231.